The summed E-state index contributed by atoms with van der Waals surface area (Å²) in [6, 6.07) is 0.481. The predicted molar refractivity (Wildman–Crippen MR) is 99.4 cm³/mol. The molecule has 1 amide bonds. The standard InChI is InChI=1S/C17H28N6OS/c24-16(10-13-6-4-5-7-13)20-21-17(25)18-11-14-12-23(22-19-14)15-8-2-1-3-9-15/h12-13,15H,1-11H2,(H,20,24)(H2,18,21,25). The molecule has 0 atom stereocenters. The highest BCUT2D eigenvalue weighted by Crippen LogP contribution is 2.27. The van der Waals surface area contributed by atoms with Crippen LogP contribution >= 0.6 is 12.2 Å². The van der Waals surface area contributed by atoms with E-state index in [0.717, 1.165) is 18.5 Å². The zero-order chi connectivity index (χ0) is 17.5. The highest BCUT2D eigenvalue weighted by Gasteiger charge is 2.18. The molecule has 1 aromatic heterocycles. The number of nitrogens with zero attached hydrogens (tertiary/aromatic N) is 3. The maximum absolute atomic E-state index is 11.9. The Labute approximate surface area is 154 Å². The minimum atomic E-state index is -0.000655. The number of amides is 1. The molecule has 1 aromatic rings. The molecule has 2 saturated carbocycles. The number of thiocarbonyl (C=S) groups is 1. The van der Waals surface area contributed by atoms with Gasteiger partial charge in [0, 0.05) is 6.42 Å². The number of carbonyl (C=O) groups is 1. The molecule has 0 aromatic carbocycles. The van der Waals surface area contributed by atoms with Crippen LogP contribution in [0.1, 0.15) is 75.9 Å². The van der Waals surface area contributed by atoms with Crippen LogP contribution in [0.3, 0.4) is 0 Å². The first-order valence-electron chi connectivity index (χ1n) is 9.44. The zero-order valence-corrected chi connectivity index (χ0v) is 15.5. The number of hydrogen-bond donors (Lipinski definition) is 3. The van der Waals surface area contributed by atoms with E-state index in [9.17, 15) is 4.79 Å². The third-order valence-electron chi connectivity index (χ3n) is 5.20. The summed E-state index contributed by atoms with van der Waals surface area (Å²) < 4.78 is 1.98. The first kappa shape index (κ1) is 18.1. The number of hydrogen-bond acceptors (Lipinski definition) is 4. The summed E-state index contributed by atoms with van der Waals surface area (Å²) in [7, 11) is 0. The van der Waals surface area contributed by atoms with Crippen LogP contribution in [-0.2, 0) is 11.3 Å². The highest BCUT2D eigenvalue weighted by molar-refractivity contribution is 7.80. The topological polar surface area (TPSA) is 83.9 Å². The Bertz CT molecular complexity index is 577. The number of hydrazine groups is 1. The second-order valence-electron chi connectivity index (χ2n) is 7.19. The molecule has 0 saturated heterocycles. The van der Waals surface area contributed by atoms with Crippen LogP contribution in [0.4, 0.5) is 0 Å². The van der Waals surface area contributed by atoms with Crippen molar-refractivity contribution in [1.82, 2.24) is 31.2 Å². The zero-order valence-electron chi connectivity index (χ0n) is 14.7. The fourth-order valence-electron chi connectivity index (χ4n) is 3.79. The Balaban J connectivity index is 1.34. The molecule has 25 heavy (non-hydrogen) atoms. The van der Waals surface area contributed by atoms with Gasteiger partial charge in [0.2, 0.25) is 5.91 Å². The third-order valence-corrected chi connectivity index (χ3v) is 5.45. The molecule has 0 aliphatic heterocycles. The van der Waals surface area contributed by atoms with Gasteiger partial charge in [-0.2, -0.15) is 0 Å². The smallest absolute Gasteiger partial charge is 0.238 e. The van der Waals surface area contributed by atoms with Crippen molar-refractivity contribution in [2.75, 3.05) is 0 Å². The summed E-state index contributed by atoms with van der Waals surface area (Å²) in [5.41, 5.74) is 6.28. The van der Waals surface area contributed by atoms with E-state index in [0.29, 0.717) is 30.0 Å². The fraction of sp³-hybridized carbons (Fsp3) is 0.765. The Morgan fingerprint density at radius 1 is 1.12 bits per heavy atom. The van der Waals surface area contributed by atoms with E-state index < -0.39 is 0 Å². The van der Waals surface area contributed by atoms with E-state index >= 15 is 0 Å². The van der Waals surface area contributed by atoms with Gasteiger partial charge in [0.1, 0.15) is 5.69 Å². The third kappa shape index (κ3) is 5.66. The van der Waals surface area contributed by atoms with Gasteiger partial charge in [0.15, 0.2) is 5.11 Å². The molecule has 0 bridgehead atoms. The van der Waals surface area contributed by atoms with Crippen molar-refractivity contribution in [1.29, 1.82) is 0 Å². The largest absolute Gasteiger partial charge is 0.356 e. The van der Waals surface area contributed by atoms with Gasteiger partial charge in [0.25, 0.3) is 0 Å². The van der Waals surface area contributed by atoms with E-state index in [1.54, 1.807) is 0 Å². The van der Waals surface area contributed by atoms with Crippen molar-refractivity contribution in [2.45, 2.75) is 76.8 Å². The van der Waals surface area contributed by atoms with E-state index in [1.807, 2.05) is 10.9 Å². The maximum atomic E-state index is 11.9. The summed E-state index contributed by atoms with van der Waals surface area (Å²) >= 11 is 5.19. The fourth-order valence-corrected chi connectivity index (χ4v) is 3.91. The van der Waals surface area contributed by atoms with E-state index in [4.69, 9.17) is 12.2 Å². The van der Waals surface area contributed by atoms with Gasteiger partial charge in [-0.3, -0.25) is 15.6 Å². The van der Waals surface area contributed by atoms with Crippen molar-refractivity contribution in [3.63, 3.8) is 0 Å². The van der Waals surface area contributed by atoms with Gasteiger partial charge >= 0.3 is 0 Å². The van der Waals surface area contributed by atoms with Gasteiger partial charge in [0.05, 0.1) is 18.8 Å². The minimum absolute atomic E-state index is 0.000655. The number of carbonyl (C=O) groups excluding carboxylic acids is 1. The maximum Gasteiger partial charge on any atom is 0.238 e. The number of nitrogens with one attached hydrogen (secondary N) is 3. The monoisotopic (exact) mass is 364 g/mol. The van der Waals surface area contributed by atoms with Crippen molar-refractivity contribution in [2.24, 2.45) is 5.92 Å². The summed E-state index contributed by atoms with van der Waals surface area (Å²) in [4.78, 5) is 11.9. The first-order valence-corrected chi connectivity index (χ1v) is 9.85. The molecule has 2 aliphatic carbocycles. The van der Waals surface area contributed by atoms with Gasteiger partial charge in [-0.25, -0.2) is 4.68 Å². The molecule has 2 aliphatic rings. The summed E-state index contributed by atoms with van der Waals surface area (Å²) in [6.45, 7) is 0.497. The minimum Gasteiger partial charge on any atom is -0.356 e. The summed E-state index contributed by atoms with van der Waals surface area (Å²) in [5.74, 6) is 0.525. The SMILES string of the molecule is O=C(CC1CCCC1)NNC(=S)NCc1cn(C2CCCCC2)nn1. The van der Waals surface area contributed by atoms with Gasteiger partial charge in [-0.05, 0) is 43.8 Å². The molecule has 138 valence electrons. The average molecular weight is 365 g/mol. The van der Waals surface area contributed by atoms with Gasteiger partial charge in [-0.15, -0.1) is 5.10 Å². The van der Waals surface area contributed by atoms with Crippen molar-refractivity contribution in [3.05, 3.63) is 11.9 Å². The van der Waals surface area contributed by atoms with Gasteiger partial charge < -0.3 is 5.32 Å². The van der Waals surface area contributed by atoms with Crippen LogP contribution in [0.25, 0.3) is 0 Å². The van der Waals surface area contributed by atoms with Gasteiger partial charge in [-0.1, -0.05) is 37.3 Å². The van der Waals surface area contributed by atoms with Crippen LogP contribution in [0.2, 0.25) is 0 Å². The lowest BCUT2D eigenvalue weighted by Crippen LogP contribution is -2.46. The van der Waals surface area contributed by atoms with Crippen LogP contribution < -0.4 is 16.2 Å². The second-order valence-corrected chi connectivity index (χ2v) is 7.60. The molecular weight excluding hydrogens is 336 g/mol. The number of rotatable bonds is 5. The molecule has 8 heteroatoms. The quantitative estimate of drug-likeness (QED) is 0.549. The van der Waals surface area contributed by atoms with Crippen molar-refractivity contribution < 1.29 is 4.79 Å². The lowest BCUT2D eigenvalue weighted by atomic mass is 9.96. The van der Waals surface area contributed by atoms with E-state index in [2.05, 4.69) is 26.5 Å². The Kier molecular flexibility index (Phi) is 6.61. The predicted octanol–water partition coefficient (Wildman–Crippen LogP) is 2.36. The molecule has 3 rings (SSSR count). The molecule has 0 spiro atoms. The van der Waals surface area contributed by atoms with Crippen LogP contribution in [-0.4, -0.2) is 26.0 Å². The normalized spacial score (nSPS) is 18.9. The van der Waals surface area contributed by atoms with Crippen molar-refractivity contribution in [3.8, 4) is 0 Å². The van der Waals surface area contributed by atoms with Crippen LogP contribution in [0.15, 0.2) is 6.20 Å². The Morgan fingerprint density at radius 2 is 1.84 bits per heavy atom. The summed E-state index contributed by atoms with van der Waals surface area (Å²) in [6.07, 6.45) is 13.6. The molecule has 0 unspecified atom stereocenters. The second kappa shape index (κ2) is 9.12. The lowest BCUT2D eigenvalue weighted by Gasteiger charge is -2.20. The Morgan fingerprint density at radius 3 is 2.60 bits per heavy atom. The average Bonchev–Trinajstić information content (AvgIpc) is 3.31. The summed E-state index contributed by atoms with van der Waals surface area (Å²) in [5, 5.41) is 11.9. The molecule has 0 radical (unpaired) electrons. The first-order chi connectivity index (χ1) is 12.2. The number of aromatic nitrogens is 3. The van der Waals surface area contributed by atoms with E-state index in [-0.39, 0.29) is 5.91 Å². The van der Waals surface area contributed by atoms with Crippen molar-refractivity contribution >= 4 is 23.2 Å². The molecular formula is C17H28N6OS. The molecule has 7 nitrogen and oxygen atoms in total. The van der Waals surface area contributed by atoms with Crippen LogP contribution in [0, 0.1) is 5.92 Å². The Hall–Kier alpha value is -1.70. The van der Waals surface area contributed by atoms with Crippen LogP contribution in [0.5, 0.6) is 0 Å². The molecule has 2 fully saturated rings. The molecule has 1 heterocycles. The highest BCUT2D eigenvalue weighted by atomic mass is 32.1. The van der Waals surface area contributed by atoms with E-state index in [1.165, 1.54) is 44.9 Å². The molecule has 3 N–H and O–H groups in total. The lowest BCUT2D eigenvalue weighted by molar-refractivity contribution is -0.122.